The number of hydrogen-bond donors (Lipinski definition) is 4. The highest BCUT2D eigenvalue weighted by Crippen LogP contribution is 2.31. The van der Waals surface area contributed by atoms with Crippen LogP contribution in [0.3, 0.4) is 0 Å². The van der Waals surface area contributed by atoms with Crippen LogP contribution in [-0.4, -0.2) is 100 Å². The highest BCUT2D eigenvalue weighted by Gasteiger charge is 2.42. The summed E-state index contributed by atoms with van der Waals surface area (Å²) in [5.74, 6) is -7.68. The number of halogens is 1. The number of carbonyl (C=O) groups is 6. The first kappa shape index (κ1) is 34.6. The molecule has 47 heavy (non-hydrogen) atoms. The number of nitrogens with zero attached hydrogens (tertiary/aromatic N) is 3. The Hall–Kier alpha value is -5.26. The van der Waals surface area contributed by atoms with Gasteiger partial charge in [-0.3, -0.25) is 29.1 Å². The van der Waals surface area contributed by atoms with Gasteiger partial charge in [-0.2, -0.15) is 0 Å². The van der Waals surface area contributed by atoms with Gasteiger partial charge in [-0.1, -0.05) is 12.1 Å². The van der Waals surface area contributed by atoms with E-state index in [9.17, 15) is 43.3 Å². The first-order valence-electron chi connectivity index (χ1n) is 14.5. The van der Waals surface area contributed by atoms with E-state index >= 15 is 0 Å². The number of benzene rings is 1. The molecule has 18 heteroatoms. The summed E-state index contributed by atoms with van der Waals surface area (Å²) < 4.78 is 30.5. The molecule has 250 valence electrons. The number of amides is 5. The molecule has 16 nitrogen and oxygen atoms in total. The monoisotopic (exact) mass is 657 g/mol. The minimum Gasteiger partial charge on any atom is -0.534 e. The third-order valence-electron chi connectivity index (χ3n) is 7.25. The van der Waals surface area contributed by atoms with Crippen LogP contribution in [0.5, 0.6) is 11.5 Å². The molecule has 2 aliphatic heterocycles. The van der Waals surface area contributed by atoms with E-state index in [1.54, 1.807) is 33.8 Å². The normalized spacial score (nSPS) is 16.9. The van der Waals surface area contributed by atoms with Crippen LogP contribution >= 0.6 is 0 Å². The van der Waals surface area contributed by atoms with Crippen LogP contribution in [0.4, 0.5) is 9.18 Å². The maximum absolute atomic E-state index is 14.9. The highest BCUT2D eigenvalue weighted by molar-refractivity contribution is 6.47. The fraction of sp³-hybridized carbons (Fsp3) is 0.414. The van der Waals surface area contributed by atoms with Crippen LogP contribution < -0.4 is 15.3 Å². The number of nitrogens with one attached hydrogen (secondary N) is 2. The molecule has 1 saturated heterocycles. The van der Waals surface area contributed by atoms with Crippen molar-refractivity contribution in [2.24, 2.45) is 5.41 Å². The number of para-hydroxylation sites is 1. The molecular formula is C29H33BFN5O11. The van der Waals surface area contributed by atoms with E-state index in [2.05, 4.69) is 15.6 Å². The molecule has 2 aromatic rings. The van der Waals surface area contributed by atoms with Crippen LogP contribution in [0, 0.1) is 11.2 Å². The number of ether oxygens (including phenoxy) is 2. The minimum absolute atomic E-state index is 0.0415. The first-order valence-corrected chi connectivity index (χ1v) is 14.5. The quantitative estimate of drug-likeness (QED) is 0.130. The molecular weight excluding hydrogens is 624 g/mol. The Balaban J connectivity index is 1.51. The largest absolute Gasteiger partial charge is 0.547 e. The van der Waals surface area contributed by atoms with Gasteiger partial charge in [-0.15, -0.1) is 0 Å². The second-order valence-corrected chi connectivity index (χ2v) is 11.6. The summed E-state index contributed by atoms with van der Waals surface area (Å²) >= 11 is 0. The summed E-state index contributed by atoms with van der Waals surface area (Å²) in [6.45, 7) is 5.95. The van der Waals surface area contributed by atoms with Crippen molar-refractivity contribution in [1.82, 2.24) is 25.4 Å². The Morgan fingerprint density at radius 3 is 2.55 bits per heavy atom. The zero-order valence-corrected chi connectivity index (χ0v) is 25.9. The molecule has 0 bridgehead atoms. The highest BCUT2D eigenvalue weighted by atomic mass is 19.1. The SMILES string of the molecule is CCN1CCN(C(=O)NC(C(=O)N[C@H]2Cc3cccc(C(=O)OCOC(=O)C(C)(C)C)c3OB2O)c2ncc(O)cc2F)C(=O)C1=O. The Morgan fingerprint density at radius 2 is 1.89 bits per heavy atom. The minimum atomic E-state index is -1.90. The van der Waals surface area contributed by atoms with Crippen molar-refractivity contribution in [2.75, 3.05) is 26.4 Å². The van der Waals surface area contributed by atoms with Crippen LogP contribution in [0.2, 0.25) is 0 Å². The smallest absolute Gasteiger partial charge is 0.534 e. The van der Waals surface area contributed by atoms with Crippen molar-refractivity contribution in [3.05, 3.63) is 53.1 Å². The lowest BCUT2D eigenvalue weighted by atomic mass is 9.72. The van der Waals surface area contributed by atoms with Crippen molar-refractivity contribution < 1.29 is 57.4 Å². The summed E-state index contributed by atoms with van der Waals surface area (Å²) in [5, 5.41) is 25.1. The van der Waals surface area contributed by atoms with Gasteiger partial charge < -0.3 is 39.8 Å². The van der Waals surface area contributed by atoms with Crippen molar-refractivity contribution >= 4 is 42.8 Å². The van der Waals surface area contributed by atoms with Crippen LogP contribution in [-0.2, 0) is 35.1 Å². The first-order chi connectivity index (χ1) is 22.1. The maximum atomic E-state index is 14.9. The number of aromatic hydroxyl groups is 1. The van der Waals surface area contributed by atoms with E-state index in [-0.39, 0.29) is 37.4 Å². The van der Waals surface area contributed by atoms with E-state index in [4.69, 9.17) is 14.1 Å². The van der Waals surface area contributed by atoms with Gasteiger partial charge in [-0.25, -0.2) is 14.0 Å². The lowest BCUT2D eigenvalue weighted by molar-refractivity contribution is -0.161. The zero-order chi connectivity index (χ0) is 34.6. The number of esters is 2. The average Bonchev–Trinajstić information content (AvgIpc) is 3.00. The number of piperazine rings is 1. The van der Waals surface area contributed by atoms with Gasteiger partial charge in [0.2, 0.25) is 12.7 Å². The van der Waals surface area contributed by atoms with Crippen molar-refractivity contribution in [3.8, 4) is 11.5 Å². The molecule has 4 N–H and O–H groups in total. The molecule has 5 amide bonds. The number of hydrogen-bond acceptors (Lipinski definition) is 12. The predicted octanol–water partition coefficient (Wildman–Crippen LogP) is 0.211. The van der Waals surface area contributed by atoms with E-state index in [0.717, 1.165) is 6.20 Å². The van der Waals surface area contributed by atoms with Gasteiger partial charge in [-0.05, 0) is 45.7 Å². The number of rotatable bonds is 8. The Bertz CT molecular complexity index is 1600. The van der Waals surface area contributed by atoms with Gasteiger partial charge in [0.1, 0.15) is 22.8 Å². The summed E-state index contributed by atoms with van der Waals surface area (Å²) in [6.07, 6.45) is 0.722. The van der Waals surface area contributed by atoms with Crippen LogP contribution in [0.15, 0.2) is 30.5 Å². The van der Waals surface area contributed by atoms with Crippen LogP contribution in [0.25, 0.3) is 0 Å². The van der Waals surface area contributed by atoms with Crippen molar-refractivity contribution in [1.29, 1.82) is 0 Å². The molecule has 1 aromatic carbocycles. The number of carbonyl (C=O) groups excluding carboxylic acids is 6. The fourth-order valence-electron chi connectivity index (χ4n) is 4.69. The summed E-state index contributed by atoms with van der Waals surface area (Å²) in [4.78, 5) is 81.7. The number of aromatic nitrogens is 1. The number of fused-ring (bicyclic) bond motifs is 1. The van der Waals surface area contributed by atoms with E-state index < -0.39 is 84.3 Å². The fourth-order valence-corrected chi connectivity index (χ4v) is 4.69. The molecule has 0 radical (unpaired) electrons. The third-order valence-corrected chi connectivity index (χ3v) is 7.25. The van der Waals surface area contributed by atoms with E-state index in [1.807, 2.05) is 0 Å². The molecule has 1 unspecified atom stereocenters. The zero-order valence-electron chi connectivity index (χ0n) is 25.9. The van der Waals surface area contributed by atoms with Gasteiger partial charge >= 0.3 is 36.9 Å². The Kier molecular flexibility index (Phi) is 10.3. The van der Waals surface area contributed by atoms with Gasteiger partial charge in [0.25, 0.3) is 0 Å². The van der Waals surface area contributed by atoms with Crippen molar-refractivity contribution in [2.45, 2.75) is 46.1 Å². The predicted molar refractivity (Wildman–Crippen MR) is 158 cm³/mol. The molecule has 1 aromatic heterocycles. The molecule has 2 aliphatic rings. The van der Waals surface area contributed by atoms with Gasteiger partial charge in [0.15, 0.2) is 11.9 Å². The Labute approximate surface area is 268 Å². The molecule has 2 atom stereocenters. The Morgan fingerprint density at radius 1 is 1.17 bits per heavy atom. The topological polar surface area (TPSA) is 214 Å². The van der Waals surface area contributed by atoms with Gasteiger partial charge in [0, 0.05) is 25.7 Å². The van der Waals surface area contributed by atoms with Crippen molar-refractivity contribution in [3.63, 3.8) is 0 Å². The summed E-state index contributed by atoms with van der Waals surface area (Å²) in [7, 11) is -1.76. The number of pyridine rings is 1. The molecule has 0 spiro atoms. The molecule has 4 rings (SSSR count). The van der Waals surface area contributed by atoms with Gasteiger partial charge in [0.05, 0.1) is 17.6 Å². The second-order valence-electron chi connectivity index (χ2n) is 11.6. The van der Waals surface area contributed by atoms with E-state index in [0.29, 0.717) is 16.5 Å². The summed E-state index contributed by atoms with van der Waals surface area (Å²) in [6, 6.07) is 1.97. The molecule has 0 aliphatic carbocycles. The number of urea groups is 1. The third kappa shape index (κ3) is 7.77. The lowest BCUT2D eigenvalue weighted by Crippen LogP contribution is -2.60. The molecule has 0 saturated carbocycles. The average molecular weight is 657 g/mol. The molecule has 1 fully saturated rings. The maximum Gasteiger partial charge on any atom is 0.547 e. The summed E-state index contributed by atoms with van der Waals surface area (Å²) in [5.41, 5.74) is -1.20. The molecule has 3 heterocycles. The number of imide groups is 1. The number of likely N-dealkylation sites (N-methyl/N-ethyl adjacent to an activating group) is 1. The lowest BCUT2D eigenvalue weighted by Gasteiger charge is -2.33. The van der Waals surface area contributed by atoms with E-state index in [1.165, 1.54) is 17.0 Å². The standard InChI is InChI=1S/C29H33BFN5O11/c1-5-35-9-10-36(25(40)24(35)39)28(43)34-21(20-18(31)12-16(37)13-32-20)23(38)33-19-11-15-7-6-8-17(22(15)47-30(19)44)26(41)45-14-46-27(42)29(2,3)4/h6-8,12-13,19,21,37,44H,5,9-11,14H2,1-4H3,(H,33,38)(H,34,43)/t19-,21?/m0/s1. The van der Waals surface area contributed by atoms with Crippen LogP contribution in [0.1, 0.15) is 55.4 Å². The second kappa shape index (κ2) is 14.0.